The summed E-state index contributed by atoms with van der Waals surface area (Å²) in [6.07, 6.45) is 3.45. The molecule has 4 rings (SSSR count). The van der Waals surface area contributed by atoms with Crippen LogP contribution in [0.25, 0.3) is 11.2 Å². The van der Waals surface area contributed by atoms with Gasteiger partial charge in [-0.1, -0.05) is 0 Å². The number of hydrogen-bond donors (Lipinski definition) is 1. The number of nitrogens with two attached hydrogens (primary N) is 1. The zero-order valence-electron chi connectivity index (χ0n) is 17.1. The molecule has 0 saturated carbocycles. The molecule has 0 amide bonds. The first-order chi connectivity index (χ1) is 14.5. The number of anilines is 1. The Hall–Kier alpha value is -3.45. The number of imidazole rings is 1. The number of fused-ring (bicyclic) bond motifs is 1. The number of piperidine rings is 1. The van der Waals surface area contributed by atoms with Crippen LogP contribution >= 0.6 is 0 Å². The Morgan fingerprint density at radius 3 is 2.83 bits per heavy atom. The quantitative estimate of drug-likeness (QED) is 0.651. The molecule has 1 atom stereocenters. The zero-order valence-corrected chi connectivity index (χ0v) is 17.1. The minimum atomic E-state index is -0.496. The Kier molecular flexibility index (Phi) is 5.13. The molecule has 0 aliphatic carbocycles. The van der Waals surface area contributed by atoms with Gasteiger partial charge in [0.2, 0.25) is 5.95 Å². The van der Waals surface area contributed by atoms with Crippen molar-refractivity contribution in [2.75, 3.05) is 18.0 Å². The van der Waals surface area contributed by atoms with Crippen molar-refractivity contribution in [1.29, 1.82) is 5.26 Å². The van der Waals surface area contributed by atoms with Gasteiger partial charge in [0.15, 0.2) is 11.2 Å². The van der Waals surface area contributed by atoms with E-state index in [1.54, 1.807) is 19.2 Å². The summed E-state index contributed by atoms with van der Waals surface area (Å²) in [5.74, 6) is 0.656. The van der Waals surface area contributed by atoms with Gasteiger partial charge < -0.3 is 15.2 Å². The standard InChI is InChI=1S/C20H24N8O2/c1-3-27-16-17(24-19(27)26-9-5-7-14(22)11-26)25(2)20(30)28(18(16)29)12-15-13(10-21)6-4-8-23-15/h4,6,8,14H,3,5,7,9,11-12,22H2,1-2H3/t14-/m1/s1. The molecule has 0 radical (unpaired) electrons. The van der Waals surface area contributed by atoms with Crippen LogP contribution in [-0.2, 0) is 20.1 Å². The summed E-state index contributed by atoms with van der Waals surface area (Å²) in [6, 6.07) is 5.37. The molecule has 3 aromatic heterocycles. The van der Waals surface area contributed by atoms with Crippen molar-refractivity contribution in [1.82, 2.24) is 23.7 Å². The highest BCUT2D eigenvalue weighted by Crippen LogP contribution is 2.22. The van der Waals surface area contributed by atoms with Gasteiger partial charge in [-0.25, -0.2) is 4.79 Å². The number of pyridine rings is 1. The van der Waals surface area contributed by atoms with Crippen LogP contribution in [0.15, 0.2) is 27.9 Å². The van der Waals surface area contributed by atoms with Gasteiger partial charge in [-0.15, -0.1) is 0 Å². The first-order valence-corrected chi connectivity index (χ1v) is 10.0. The molecular formula is C20H24N8O2. The molecule has 0 bridgehead atoms. The fraction of sp³-hybridized carbons (Fsp3) is 0.450. The van der Waals surface area contributed by atoms with Crippen LogP contribution in [0.3, 0.4) is 0 Å². The maximum atomic E-state index is 13.4. The predicted octanol–water partition coefficient (Wildman–Crippen LogP) is 0.159. The molecule has 1 saturated heterocycles. The second-order valence-electron chi connectivity index (χ2n) is 7.52. The van der Waals surface area contributed by atoms with Gasteiger partial charge in [-0.2, -0.15) is 10.2 Å². The van der Waals surface area contributed by atoms with Crippen molar-refractivity contribution in [2.24, 2.45) is 12.8 Å². The lowest BCUT2D eigenvalue weighted by Gasteiger charge is -2.31. The Labute approximate surface area is 172 Å². The van der Waals surface area contributed by atoms with Crippen molar-refractivity contribution >= 4 is 17.1 Å². The average Bonchev–Trinajstić information content (AvgIpc) is 3.15. The van der Waals surface area contributed by atoms with Crippen molar-refractivity contribution < 1.29 is 0 Å². The molecule has 1 fully saturated rings. The Bertz CT molecular complexity index is 1260. The minimum Gasteiger partial charge on any atom is -0.341 e. The highest BCUT2D eigenvalue weighted by atomic mass is 16.2. The van der Waals surface area contributed by atoms with E-state index in [2.05, 4.69) is 20.9 Å². The van der Waals surface area contributed by atoms with E-state index >= 15 is 0 Å². The van der Waals surface area contributed by atoms with Crippen molar-refractivity contribution in [3.05, 3.63) is 50.4 Å². The molecule has 0 aromatic carbocycles. The van der Waals surface area contributed by atoms with Crippen LogP contribution in [0.2, 0.25) is 0 Å². The molecule has 1 aliphatic heterocycles. The average molecular weight is 408 g/mol. The van der Waals surface area contributed by atoms with Gasteiger partial charge in [-0.05, 0) is 31.9 Å². The first-order valence-electron chi connectivity index (χ1n) is 10.0. The maximum absolute atomic E-state index is 13.4. The largest absolute Gasteiger partial charge is 0.341 e. The lowest BCUT2D eigenvalue weighted by atomic mass is 10.1. The summed E-state index contributed by atoms with van der Waals surface area (Å²) in [7, 11) is 1.60. The van der Waals surface area contributed by atoms with Crippen molar-refractivity contribution in [3.63, 3.8) is 0 Å². The second-order valence-corrected chi connectivity index (χ2v) is 7.52. The first kappa shape index (κ1) is 19.8. The molecule has 10 nitrogen and oxygen atoms in total. The topological polar surface area (TPSA) is 128 Å². The number of aromatic nitrogens is 5. The van der Waals surface area contributed by atoms with Crippen LogP contribution < -0.4 is 21.9 Å². The number of rotatable bonds is 4. The fourth-order valence-corrected chi connectivity index (χ4v) is 4.05. The summed E-state index contributed by atoms with van der Waals surface area (Å²) in [5.41, 5.74) is 6.62. The maximum Gasteiger partial charge on any atom is 0.332 e. The van der Waals surface area contributed by atoms with Gasteiger partial charge in [-0.3, -0.25) is 18.9 Å². The predicted molar refractivity (Wildman–Crippen MR) is 112 cm³/mol. The molecule has 2 N–H and O–H groups in total. The zero-order chi connectivity index (χ0) is 21.4. The van der Waals surface area contributed by atoms with E-state index < -0.39 is 11.2 Å². The van der Waals surface area contributed by atoms with E-state index in [4.69, 9.17) is 5.73 Å². The molecule has 3 aromatic rings. The number of nitriles is 1. The van der Waals surface area contributed by atoms with Gasteiger partial charge in [0, 0.05) is 38.9 Å². The molecule has 10 heteroatoms. The molecule has 30 heavy (non-hydrogen) atoms. The Balaban J connectivity index is 1.91. The van der Waals surface area contributed by atoms with Crippen LogP contribution in [0.1, 0.15) is 31.0 Å². The third-order valence-corrected chi connectivity index (χ3v) is 5.59. The van der Waals surface area contributed by atoms with Gasteiger partial charge in [0.1, 0.15) is 6.07 Å². The van der Waals surface area contributed by atoms with Crippen molar-refractivity contribution in [2.45, 2.75) is 38.9 Å². The highest BCUT2D eigenvalue weighted by molar-refractivity contribution is 5.74. The molecular weight excluding hydrogens is 384 g/mol. The minimum absolute atomic E-state index is 0.0536. The van der Waals surface area contributed by atoms with Gasteiger partial charge >= 0.3 is 5.69 Å². The summed E-state index contributed by atoms with van der Waals surface area (Å²) in [5, 5.41) is 9.32. The summed E-state index contributed by atoms with van der Waals surface area (Å²) >= 11 is 0. The van der Waals surface area contributed by atoms with E-state index in [9.17, 15) is 14.9 Å². The van der Waals surface area contributed by atoms with E-state index in [1.165, 1.54) is 10.8 Å². The van der Waals surface area contributed by atoms with E-state index in [1.807, 2.05) is 11.5 Å². The van der Waals surface area contributed by atoms with Crippen LogP contribution in [0.5, 0.6) is 0 Å². The van der Waals surface area contributed by atoms with E-state index in [0.717, 1.165) is 24.0 Å². The fourth-order valence-electron chi connectivity index (χ4n) is 4.05. The van der Waals surface area contributed by atoms with Crippen LogP contribution in [-0.4, -0.2) is 42.8 Å². The van der Waals surface area contributed by atoms with E-state index in [-0.39, 0.29) is 12.6 Å². The third kappa shape index (κ3) is 3.17. The van der Waals surface area contributed by atoms with Crippen molar-refractivity contribution in [3.8, 4) is 6.07 Å². The van der Waals surface area contributed by atoms with Crippen LogP contribution in [0.4, 0.5) is 5.95 Å². The number of nitrogens with zero attached hydrogens (tertiary/aromatic N) is 7. The van der Waals surface area contributed by atoms with Crippen LogP contribution in [0, 0.1) is 11.3 Å². The molecule has 1 aliphatic rings. The Morgan fingerprint density at radius 2 is 2.13 bits per heavy atom. The monoisotopic (exact) mass is 408 g/mol. The summed E-state index contributed by atoms with van der Waals surface area (Å²) in [6.45, 7) is 3.85. The number of aryl methyl sites for hydroxylation is 2. The normalized spacial score (nSPS) is 16.7. The third-order valence-electron chi connectivity index (χ3n) is 5.59. The molecule has 0 spiro atoms. The lowest BCUT2D eigenvalue weighted by Crippen LogP contribution is -2.44. The second kappa shape index (κ2) is 7.76. The smallest absolute Gasteiger partial charge is 0.332 e. The summed E-state index contributed by atoms with van der Waals surface area (Å²) in [4.78, 5) is 37.3. The Morgan fingerprint density at radius 1 is 1.33 bits per heavy atom. The molecule has 0 unspecified atom stereocenters. The molecule has 4 heterocycles. The molecule has 156 valence electrons. The summed E-state index contributed by atoms with van der Waals surface area (Å²) < 4.78 is 4.34. The number of hydrogen-bond acceptors (Lipinski definition) is 7. The SMILES string of the molecule is CCn1c(N2CCC[C@@H](N)C2)nc2c1c(=O)n(Cc1ncccc1C#N)c(=O)n2C. The van der Waals surface area contributed by atoms with Gasteiger partial charge in [0.25, 0.3) is 5.56 Å². The van der Waals surface area contributed by atoms with Gasteiger partial charge in [0.05, 0.1) is 17.8 Å². The van der Waals surface area contributed by atoms with E-state index in [0.29, 0.717) is 41.5 Å². The highest BCUT2D eigenvalue weighted by Gasteiger charge is 2.26. The lowest BCUT2D eigenvalue weighted by molar-refractivity contribution is 0.494.